The van der Waals surface area contributed by atoms with Gasteiger partial charge in [-0.15, -0.1) is 10.2 Å². The highest BCUT2D eigenvalue weighted by molar-refractivity contribution is 5.68. The van der Waals surface area contributed by atoms with Crippen LogP contribution in [0.1, 0.15) is 45.4 Å². The van der Waals surface area contributed by atoms with Crippen LogP contribution in [0.2, 0.25) is 0 Å². The molecule has 128 valence electrons. The van der Waals surface area contributed by atoms with Crippen LogP contribution in [-0.4, -0.2) is 52.1 Å². The van der Waals surface area contributed by atoms with Crippen molar-refractivity contribution in [3.8, 4) is 5.88 Å². The SMILES string of the molecule is COc1ccc(C(O)C2CCCN(C(=O)OC(C)(C)C)C2)nn1. The molecule has 1 aliphatic rings. The zero-order valence-corrected chi connectivity index (χ0v) is 14.2. The molecule has 1 N–H and O–H groups in total. The predicted octanol–water partition coefficient (Wildman–Crippen LogP) is 2.17. The average molecular weight is 323 g/mol. The molecule has 7 nitrogen and oxygen atoms in total. The second kappa shape index (κ2) is 7.12. The van der Waals surface area contributed by atoms with Gasteiger partial charge in [0.05, 0.1) is 12.8 Å². The number of hydrogen-bond donors (Lipinski definition) is 1. The zero-order valence-electron chi connectivity index (χ0n) is 14.2. The summed E-state index contributed by atoms with van der Waals surface area (Å²) in [7, 11) is 1.51. The molecule has 0 aliphatic carbocycles. The Morgan fingerprint density at radius 2 is 2.13 bits per heavy atom. The Balaban J connectivity index is 2.00. The van der Waals surface area contributed by atoms with Crippen LogP contribution in [0.5, 0.6) is 5.88 Å². The number of rotatable bonds is 3. The third-order valence-electron chi connectivity index (χ3n) is 3.73. The number of piperidine rings is 1. The number of hydrogen-bond acceptors (Lipinski definition) is 6. The summed E-state index contributed by atoms with van der Waals surface area (Å²) in [4.78, 5) is 13.8. The maximum absolute atomic E-state index is 12.2. The molecular weight excluding hydrogens is 298 g/mol. The number of ether oxygens (including phenoxy) is 2. The van der Waals surface area contributed by atoms with Crippen molar-refractivity contribution in [3.05, 3.63) is 17.8 Å². The van der Waals surface area contributed by atoms with Crippen LogP contribution in [0.15, 0.2) is 12.1 Å². The summed E-state index contributed by atoms with van der Waals surface area (Å²) < 4.78 is 10.4. The predicted molar refractivity (Wildman–Crippen MR) is 84.1 cm³/mol. The molecule has 2 unspecified atom stereocenters. The first-order chi connectivity index (χ1) is 10.8. The van der Waals surface area contributed by atoms with E-state index >= 15 is 0 Å². The summed E-state index contributed by atoms with van der Waals surface area (Å²) in [5, 5.41) is 18.4. The average Bonchev–Trinajstić information content (AvgIpc) is 2.53. The van der Waals surface area contributed by atoms with Gasteiger partial charge in [0.1, 0.15) is 11.7 Å². The summed E-state index contributed by atoms with van der Waals surface area (Å²) in [6.07, 6.45) is 0.549. The molecule has 0 spiro atoms. The molecule has 2 heterocycles. The van der Waals surface area contributed by atoms with Gasteiger partial charge in [0.15, 0.2) is 0 Å². The Hall–Kier alpha value is -1.89. The number of nitrogens with zero attached hydrogens (tertiary/aromatic N) is 3. The summed E-state index contributed by atoms with van der Waals surface area (Å²) in [6, 6.07) is 3.36. The molecule has 0 radical (unpaired) electrons. The molecule has 0 aromatic carbocycles. The van der Waals surface area contributed by atoms with Gasteiger partial charge in [-0.3, -0.25) is 0 Å². The molecule has 2 rings (SSSR count). The van der Waals surface area contributed by atoms with Gasteiger partial charge in [0.25, 0.3) is 0 Å². The Bertz CT molecular complexity index is 527. The number of aliphatic hydroxyl groups is 1. The van der Waals surface area contributed by atoms with Crippen LogP contribution in [0.4, 0.5) is 4.79 Å². The van der Waals surface area contributed by atoms with E-state index in [4.69, 9.17) is 9.47 Å². The van der Waals surface area contributed by atoms with E-state index in [1.807, 2.05) is 20.8 Å². The Kier molecular flexibility index (Phi) is 5.41. The van der Waals surface area contributed by atoms with Crippen molar-refractivity contribution < 1.29 is 19.4 Å². The van der Waals surface area contributed by atoms with E-state index in [1.165, 1.54) is 7.11 Å². The van der Waals surface area contributed by atoms with Gasteiger partial charge >= 0.3 is 6.09 Å². The molecule has 1 fully saturated rings. The van der Waals surface area contributed by atoms with Gasteiger partial charge < -0.3 is 19.5 Å². The largest absolute Gasteiger partial charge is 0.480 e. The van der Waals surface area contributed by atoms with Crippen molar-refractivity contribution >= 4 is 6.09 Å². The van der Waals surface area contributed by atoms with E-state index in [-0.39, 0.29) is 12.0 Å². The minimum Gasteiger partial charge on any atom is -0.480 e. The number of amides is 1. The first kappa shape index (κ1) is 17.5. The number of aliphatic hydroxyl groups excluding tert-OH is 1. The van der Waals surface area contributed by atoms with E-state index in [1.54, 1.807) is 17.0 Å². The highest BCUT2D eigenvalue weighted by atomic mass is 16.6. The Labute approximate surface area is 136 Å². The van der Waals surface area contributed by atoms with Gasteiger partial charge in [-0.1, -0.05) is 0 Å². The van der Waals surface area contributed by atoms with Crippen LogP contribution in [-0.2, 0) is 4.74 Å². The van der Waals surface area contributed by atoms with Crippen molar-refractivity contribution in [2.75, 3.05) is 20.2 Å². The third kappa shape index (κ3) is 4.79. The second-order valence-electron chi connectivity index (χ2n) is 6.77. The molecule has 2 atom stereocenters. The molecule has 0 saturated carbocycles. The Morgan fingerprint density at radius 1 is 1.39 bits per heavy atom. The fourth-order valence-corrected chi connectivity index (χ4v) is 2.60. The minimum absolute atomic E-state index is 0.0843. The molecule has 1 aliphatic heterocycles. The van der Waals surface area contributed by atoms with E-state index < -0.39 is 11.7 Å². The van der Waals surface area contributed by atoms with Crippen LogP contribution in [0, 0.1) is 5.92 Å². The molecule has 1 aromatic rings. The molecule has 1 amide bonds. The summed E-state index contributed by atoms with van der Waals surface area (Å²) in [5.41, 5.74) is -0.0359. The third-order valence-corrected chi connectivity index (χ3v) is 3.73. The maximum atomic E-state index is 12.2. The van der Waals surface area contributed by atoms with Crippen molar-refractivity contribution in [1.29, 1.82) is 0 Å². The van der Waals surface area contributed by atoms with Crippen molar-refractivity contribution in [2.24, 2.45) is 5.92 Å². The summed E-state index contributed by atoms with van der Waals surface area (Å²) in [6.45, 7) is 6.62. The van der Waals surface area contributed by atoms with Gasteiger partial charge in [-0.25, -0.2) is 4.79 Å². The van der Waals surface area contributed by atoms with Gasteiger partial charge in [-0.05, 0) is 39.7 Å². The van der Waals surface area contributed by atoms with Crippen LogP contribution >= 0.6 is 0 Å². The number of aromatic nitrogens is 2. The lowest BCUT2D eigenvalue weighted by atomic mass is 9.91. The van der Waals surface area contributed by atoms with Gasteiger partial charge in [0, 0.05) is 25.1 Å². The molecular formula is C16H25N3O4. The van der Waals surface area contributed by atoms with Crippen molar-refractivity contribution in [2.45, 2.75) is 45.3 Å². The van der Waals surface area contributed by atoms with Gasteiger partial charge in [0.2, 0.25) is 5.88 Å². The zero-order chi connectivity index (χ0) is 17.0. The van der Waals surface area contributed by atoms with Gasteiger partial charge in [-0.2, -0.15) is 0 Å². The summed E-state index contributed by atoms with van der Waals surface area (Å²) >= 11 is 0. The second-order valence-corrected chi connectivity index (χ2v) is 6.77. The number of carbonyl (C=O) groups is 1. The monoisotopic (exact) mass is 323 g/mol. The molecule has 23 heavy (non-hydrogen) atoms. The highest BCUT2D eigenvalue weighted by Gasteiger charge is 2.32. The standard InChI is InChI=1S/C16H25N3O4/c1-16(2,3)23-15(21)19-9-5-6-11(10-19)14(20)12-7-8-13(22-4)18-17-12/h7-8,11,14,20H,5-6,9-10H2,1-4H3. The fourth-order valence-electron chi connectivity index (χ4n) is 2.60. The lowest BCUT2D eigenvalue weighted by Crippen LogP contribution is -2.44. The van der Waals surface area contributed by atoms with E-state index in [2.05, 4.69) is 10.2 Å². The lowest BCUT2D eigenvalue weighted by molar-refractivity contribution is 0.00158. The van der Waals surface area contributed by atoms with E-state index in [0.717, 1.165) is 12.8 Å². The normalized spacial score (nSPS) is 20.0. The van der Waals surface area contributed by atoms with E-state index in [9.17, 15) is 9.90 Å². The number of methoxy groups -OCH3 is 1. The quantitative estimate of drug-likeness (QED) is 0.917. The Morgan fingerprint density at radius 3 is 2.70 bits per heavy atom. The summed E-state index contributed by atoms with van der Waals surface area (Å²) in [5.74, 6) is 0.318. The molecule has 1 saturated heterocycles. The fraction of sp³-hybridized carbons (Fsp3) is 0.688. The lowest BCUT2D eigenvalue weighted by Gasteiger charge is -2.35. The number of carbonyl (C=O) groups excluding carboxylic acids is 1. The molecule has 1 aromatic heterocycles. The first-order valence-corrected chi connectivity index (χ1v) is 7.84. The van der Waals surface area contributed by atoms with Crippen molar-refractivity contribution in [1.82, 2.24) is 15.1 Å². The van der Waals surface area contributed by atoms with Crippen molar-refractivity contribution in [3.63, 3.8) is 0 Å². The smallest absolute Gasteiger partial charge is 0.410 e. The minimum atomic E-state index is -0.765. The maximum Gasteiger partial charge on any atom is 0.410 e. The number of likely N-dealkylation sites (tertiary alicyclic amines) is 1. The van der Waals surface area contributed by atoms with E-state index in [0.29, 0.717) is 24.7 Å². The van der Waals surface area contributed by atoms with Crippen LogP contribution in [0.3, 0.4) is 0 Å². The van der Waals surface area contributed by atoms with Crippen LogP contribution in [0.25, 0.3) is 0 Å². The molecule has 7 heteroatoms. The first-order valence-electron chi connectivity index (χ1n) is 7.84. The topological polar surface area (TPSA) is 84.8 Å². The van der Waals surface area contributed by atoms with Crippen LogP contribution < -0.4 is 4.74 Å². The molecule has 0 bridgehead atoms. The highest BCUT2D eigenvalue weighted by Crippen LogP contribution is 2.29.